The Balaban J connectivity index is 1.24. The maximum absolute atomic E-state index is 12.1. The predicted molar refractivity (Wildman–Crippen MR) is 146 cm³/mol. The van der Waals surface area contributed by atoms with Crippen molar-refractivity contribution in [2.24, 2.45) is 17.8 Å². The molecule has 0 bridgehead atoms. The second-order valence-corrected chi connectivity index (χ2v) is 11.1. The van der Waals surface area contributed by atoms with E-state index in [1.54, 1.807) is 0 Å². The minimum atomic E-state index is -0.627. The number of carbonyl (C=O) groups excluding carboxylic acids is 1. The minimum Gasteiger partial charge on any atom is -0.453 e. The summed E-state index contributed by atoms with van der Waals surface area (Å²) in [5.74, 6) is 0.950. The summed E-state index contributed by atoms with van der Waals surface area (Å²) in [7, 11) is 1.40. The van der Waals surface area contributed by atoms with E-state index in [1.807, 2.05) is 42.5 Å². The van der Waals surface area contributed by atoms with Crippen molar-refractivity contribution in [2.75, 3.05) is 44.7 Å². The molecule has 2 aromatic rings. The Labute approximate surface area is 226 Å². The van der Waals surface area contributed by atoms with E-state index in [1.165, 1.54) is 12.8 Å². The molecule has 7 nitrogen and oxygen atoms in total. The van der Waals surface area contributed by atoms with Crippen molar-refractivity contribution in [2.45, 2.75) is 43.6 Å². The monoisotopic (exact) mass is 511 g/mol. The van der Waals surface area contributed by atoms with Gasteiger partial charge in [0, 0.05) is 43.2 Å². The normalized spacial score (nSPS) is 24.0. The van der Waals surface area contributed by atoms with Gasteiger partial charge in [-0.3, -0.25) is 0 Å². The summed E-state index contributed by atoms with van der Waals surface area (Å²) in [5, 5.41) is 22.9. The van der Waals surface area contributed by atoms with Gasteiger partial charge in [-0.15, -0.1) is 0 Å². The summed E-state index contributed by atoms with van der Waals surface area (Å²) in [6, 6.07) is 23.1. The number of anilines is 1. The van der Waals surface area contributed by atoms with E-state index >= 15 is 0 Å². The first-order chi connectivity index (χ1) is 18.6. The van der Waals surface area contributed by atoms with E-state index in [9.17, 15) is 10.1 Å². The Morgan fingerprint density at radius 1 is 1.03 bits per heavy atom. The van der Waals surface area contributed by atoms with Crippen molar-refractivity contribution in [3.8, 4) is 12.1 Å². The fourth-order valence-corrected chi connectivity index (χ4v) is 7.17. The molecule has 2 aliphatic heterocycles. The largest absolute Gasteiger partial charge is 0.453 e. The number of rotatable bonds is 7. The highest BCUT2D eigenvalue weighted by atomic mass is 16.5. The highest BCUT2D eigenvalue weighted by Crippen LogP contribution is 2.50. The molecule has 7 heteroatoms. The standard InChI is InChI=1S/C31H37N5O2/c1-38-30(37)34-29-9-5-8-28(29)31(22-33,25-6-3-2-4-7-25)26-14-16-35(17-15-26)19-24-20-36(21-24)27-12-10-23(18-32)11-13-27/h2-4,6-7,10-13,24,26,28-29H,5,8-9,14-17,19-21H2,1H3,(H,34,37). The molecule has 198 valence electrons. The van der Waals surface area contributed by atoms with Gasteiger partial charge in [0.15, 0.2) is 0 Å². The highest BCUT2D eigenvalue weighted by molar-refractivity contribution is 5.67. The molecule has 2 heterocycles. The molecule has 1 saturated carbocycles. The van der Waals surface area contributed by atoms with Crippen LogP contribution < -0.4 is 10.2 Å². The lowest BCUT2D eigenvalue weighted by molar-refractivity contribution is 0.0939. The number of amides is 1. The molecule has 3 fully saturated rings. The highest BCUT2D eigenvalue weighted by Gasteiger charge is 2.52. The average Bonchev–Trinajstić information content (AvgIpc) is 3.41. The zero-order valence-corrected chi connectivity index (χ0v) is 22.2. The second-order valence-electron chi connectivity index (χ2n) is 11.1. The van der Waals surface area contributed by atoms with Gasteiger partial charge in [-0.25, -0.2) is 4.79 Å². The number of carbonyl (C=O) groups is 1. The summed E-state index contributed by atoms with van der Waals surface area (Å²) >= 11 is 0. The van der Waals surface area contributed by atoms with Crippen molar-refractivity contribution in [3.63, 3.8) is 0 Å². The lowest BCUT2D eigenvalue weighted by Gasteiger charge is -2.48. The van der Waals surface area contributed by atoms with Crippen LogP contribution in [0.1, 0.15) is 43.2 Å². The number of ether oxygens (including phenoxy) is 1. The molecule has 0 aromatic heterocycles. The SMILES string of the molecule is COC(=O)NC1CCCC1C(C#N)(c1ccccc1)C1CCN(CC2CN(c3ccc(C#N)cc3)C2)CC1. The van der Waals surface area contributed by atoms with Crippen LogP contribution in [0.15, 0.2) is 54.6 Å². The first kappa shape index (κ1) is 26.1. The molecule has 1 N–H and O–H groups in total. The molecule has 0 radical (unpaired) electrons. The fraction of sp³-hybridized carbons (Fsp3) is 0.516. The molecule has 1 aliphatic carbocycles. The van der Waals surface area contributed by atoms with Gasteiger partial charge < -0.3 is 19.9 Å². The fourth-order valence-electron chi connectivity index (χ4n) is 7.17. The van der Waals surface area contributed by atoms with Crippen LogP contribution in [0, 0.1) is 40.4 Å². The Kier molecular flexibility index (Phi) is 7.86. The Morgan fingerprint density at radius 2 is 1.74 bits per heavy atom. The van der Waals surface area contributed by atoms with Crippen LogP contribution >= 0.6 is 0 Å². The molecule has 1 amide bonds. The molecule has 2 aromatic carbocycles. The third-order valence-corrected chi connectivity index (χ3v) is 9.09. The molecule has 3 atom stereocenters. The average molecular weight is 512 g/mol. The number of likely N-dealkylation sites (tertiary alicyclic amines) is 1. The number of nitrogens with zero attached hydrogens (tertiary/aromatic N) is 4. The third-order valence-electron chi connectivity index (χ3n) is 9.09. The van der Waals surface area contributed by atoms with E-state index in [0.29, 0.717) is 11.5 Å². The molecule has 5 rings (SSSR count). The number of methoxy groups -OCH3 is 1. The molecule has 3 aliphatic rings. The van der Waals surface area contributed by atoms with Crippen LogP contribution in [0.5, 0.6) is 0 Å². The van der Waals surface area contributed by atoms with Gasteiger partial charge in [0.05, 0.1) is 30.2 Å². The maximum Gasteiger partial charge on any atom is 0.407 e. The zero-order chi connectivity index (χ0) is 26.5. The summed E-state index contributed by atoms with van der Waals surface area (Å²) < 4.78 is 4.92. The lowest BCUT2D eigenvalue weighted by Crippen LogP contribution is -2.55. The van der Waals surface area contributed by atoms with Crippen molar-refractivity contribution in [3.05, 3.63) is 65.7 Å². The molecular formula is C31H37N5O2. The second kappa shape index (κ2) is 11.5. The van der Waals surface area contributed by atoms with Crippen LogP contribution in [-0.4, -0.2) is 56.9 Å². The summed E-state index contributed by atoms with van der Waals surface area (Å²) in [6.45, 7) is 5.16. The molecule has 0 spiro atoms. The summed E-state index contributed by atoms with van der Waals surface area (Å²) in [6.07, 6.45) is 4.38. The van der Waals surface area contributed by atoms with Gasteiger partial charge in [-0.1, -0.05) is 36.8 Å². The van der Waals surface area contributed by atoms with Crippen molar-refractivity contribution >= 4 is 11.8 Å². The van der Waals surface area contributed by atoms with Gasteiger partial charge in [0.25, 0.3) is 0 Å². The van der Waals surface area contributed by atoms with E-state index in [2.05, 4.69) is 39.4 Å². The van der Waals surface area contributed by atoms with E-state index in [-0.39, 0.29) is 17.9 Å². The topological polar surface area (TPSA) is 92.4 Å². The predicted octanol–water partition coefficient (Wildman–Crippen LogP) is 4.69. The maximum atomic E-state index is 12.1. The van der Waals surface area contributed by atoms with Crippen LogP contribution in [0.25, 0.3) is 0 Å². The number of benzene rings is 2. The quantitative estimate of drug-likeness (QED) is 0.580. The molecule has 38 heavy (non-hydrogen) atoms. The van der Waals surface area contributed by atoms with Crippen LogP contribution in [0.2, 0.25) is 0 Å². The van der Waals surface area contributed by atoms with E-state index in [0.717, 1.165) is 70.4 Å². The van der Waals surface area contributed by atoms with Gasteiger partial charge in [-0.2, -0.15) is 10.5 Å². The van der Waals surface area contributed by atoms with Crippen molar-refractivity contribution in [1.82, 2.24) is 10.2 Å². The van der Waals surface area contributed by atoms with Crippen molar-refractivity contribution < 1.29 is 9.53 Å². The van der Waals surface area contributed by atoms with E-state index in [4.69, 9.17) is 10.00 Å². The lowest BCUT2D eigenvalue weighted by atomic mass is 9.59. The van der Waals surface area contributed by atoms with Gasteiger partial charge >= 0.3 is 6.09 Å². The zero-order valence-electron chi connectivity index (χ0n) is 22.2. The first-order valence-electron chi connectivity index (χ1n) is 13.9. The number of nitriles is 2. The Hall–Kier alpha value is -3.55. The third kappa shape index (κ3) is 5.08. The first-order valence-corrected chi connectivity index (χ1v) is 13.9. The van der Waals surface area contributed by atoms with Gasteiger partial charge in [0.2, 0.25) is 0 Å². The summed E-state index contributed by atoms with van der Waals surface area (Å²) in [4.78, 5) is 17.1. The number of piperidine rings is 1. The van der Waals surface area contributed by atoms with Gasteiger partial charge in [-0.05, 0) is 74.5 Å². The number of nitrogens with one attached hydrogen (secondary N) is 1. The van der Waals surface area contributed by atoms with Crippen LogP contribution in [0.3, 0.4) is 0 Å². The molecular weight excluding hydrogens is 474 g/mol. The number of hydrogen-bond donors (Lipinski definition) is 1. The van der Waals surface area contributed by atoms with Crippen LogP contribution in [0.4, 0.5) is 10.5 Å². The summed E-state index contributed by atoms with van der Waals surface area (Å²) in [5.41, 5.74) is 2.34. The minimum absolute atomic E-state index is 0.0523. The smallest absolute Gasteiger partial charge is 0.407 e. The van der Waals surface area contributed by atoms with E-state index < -0.39 is 11.5 Å². The Bertz CT molecular complexity index is 1170. The molecule has 2 saturated heterocycles. The van der Waals surface area contributed by atoms with Gasteiger partial charge in [0.1, 0.15) is 0 Å². The molecule has 3 unspecified atom stereocenters. The van der Waals surface area contributed by atoms with Crippen LogP contribution in [-0.2, 0) is 10.2 Å². The Morgan fingerprint density at radius 3 is 2.37 bits per heavy atom. The van der Waals surface area contributed by atoms with Crippen molar-refractivity contribution in [1.29, 1.82) is 10.5 Å². The number of hydrogen-bond acceptors (Lipinski definition) is 6. The number of alkyl carbamates (subject to hydrolysis) is 1.